The maximum Gasteiger partial charge on any atom is 0.432 e. The second-order valence-corrected chi connectivity index (χ2v) is 8.85. The summed E-state index contributed by atoms with van der Waals surface area (Å²) in [6.07, 6.45) is -8.73. The van der Waals surface area contributed by atoms with Crippen LogP contribution in [0, 0.1) is 5.92 Å². The number of fused-ring (bicyclic) bond motifs is 1. The molecule has 3 aromatic carbocycles. The van der Waals surface area contributed by atoms with E-state index in [-0.39, 0.29) is 23.1 Å². The molecule has 9 heteroatoms. The zero-order chi connectivity index (χ0) is 25.0. The van der Waals surface area contributed by atoms with E-state index in [1.807, 2.05) is 0 Å². The highest BCUT2D eigenvalue weighted by atomic mass is 19.4. The Labute approximate surface area is 196 Å². The molecule has 1 saturated carbocycles. The maximum absolute atomic E-state index is 14.3. The van der Waals surface area contributed by atoms with E-state index in [0.717, 1.165) is 31.0 Å². The van der Waals surface area contributed by atoms with Crippen LogP contribution in [0.1, 0.15) is 29.5 Å². The molecule has 2 aliphatic rings. The van der Waals surface area contributed by atoms with Gasteiger partial charge >= 0.3 is 12.4 Å². The van der Waals surface area contributed by atoms with Crippen molar-refractivity contribution in [2.24, 2.45) is 5.92 Å². The quantitative estimate of drug-likeness (QED) is 0.395. The summed E-state index contributed by atoms with van der Waals surface area (Å²) < 4.78 is 87.9. The van der Waals surface area contributed by atoms with Gasteiger partial charge in [0.25, 0.3) is 0 Å². The molecule has 3 aromatic rings. The molecule has 1 amide bonds. The number of amides is 1. The number of alkyl halides is 6. The number of anilines is 1. The SMILES string of the molecule is O=C(Nc1cccc(-c2ccc3c(c2)CC(c2cccc(C(F)(F)F)c2)(C(F)(F)F)O3)c1)C1CC1. The van der Waals surface area contributed by atoms with Crippen LogP contribution in [0.2, 0.25) is 0 Å². The van der Waals surface area contributed by atoms with Crippen molar-refractivity contribution in [3.63, 3.8) is 0 Å². The topological polar surface area (TPSA) is 38.3 Å². The Morgan fingerprint density at radius 1 is 0.886 bits per heavy atom. The van der Waals surface area contributed by atoms with E-state index < -0.39 is 35.5 Å². The van der Waals surface area contributed by atoms with E-state index in [2.05, 4.69) is 5.32 Å². The third-order valence-electron chi connectivity index (χ3n) is 6.31. The smallest absolute Gasteiger partial charge is 0.432 e. The number of carbonyl (C=O) groups is 1. The van der Waals surface area contributed by atoms with Crippen LogP contribution in [-0.2, 0) is 23.0 Å². The van der Waals surface area contributed by atoms with Gasteiger partial charge in [0, 0.05) is 23.6 Å². The zero-order valence-electron chi connectivity index (χ0n) is 18.1. The Morgan fingerprint density at radius 2 is 1.60 bits per heavy atom. The first kappa shape index (κ1) is 23.3. The van der Waals surface area contributed by atoms with Crippen LogP contribution in [0.5, 0.6) is 5.75 Å². The summed E-state index contributed by atoms with van der Waals surface area (Å²) in [4.78, 5) is 12.1. The number of ether oxygens (including phenoxy) is 1. The van der Waals surface area contributed by atoms with E-state index in [1.165, 1.54) is 12.1 Å². The number of nitrogens with one attached hydrogen (secondary N) is 1. The number of rotatable bonds is 4. The third kappa shape index (κ3) is 4.35. The largest absolute Gasteiger partial charge is 0.472 e. The molecule has 182 valence electrons. The Bertz CT molecular complexity index is 1300. The molecule has 0 bridgehead atoms. The van der Waals surface area contributed by atoms with Crippen molar-refractivity contribution >= 4 is 11.6 Å². The van der Waals surface area contributed by atoms with Crippen molar-refractivity contribution in [3.05, 3.63) is 83.4 Å². The lowest BCUT2D eigenvalue weighted by Crippen LogP contribution is -2.46. The lowest BCUT2D eigenvalue weighted by atomic mass is 9.87. The monoisotopic (exact) mass is 491 g/mol. The van der Waals surface area contributed by atoms with Crippen LogP contribution < -0.4 is 10.1 Å². The Balaban J connectivity index is 1.48. The van der Waals surface area contributed by atoms with E-state index in [1.54, 1.807) is 30.3 Å². The molecule has 1 fully saturated rings. The van der Waals surface area contributed by atoms with Gasteiger partial charge in [0.05, 0.1) is 5.56 Å². The van der Waals surface area contributed by atoms with E-state index in [4.69, 9.17) is 4.74 Å². The highest BCUT2D eigenvalue weighted by Gasteiger charge is 2.61. The fraction of sp³-hybridized carbons (Fsp3) is 0.269. The van der Waals surface area contributed by atoms with Crippen LogP contribution >= 0.6 is 0 Å². The average molecular weight is 491 g/mol. The highest BCUT2D eigenvalue weighted by Crippen LogP contribution is 2.52. The van der Waals surface area contributed by atoms with Crippen LogP contribution in [0.4, 0.5) is 32.0 Å². The second-order valence-electron chi connectivity index (χ2n) is 8.85. The molecule has 5 rings (SSSR count). The molecular weight excluding hydrogens is 472 g/mol. The van der Waals surface area contributed by atoms with Crippen molar-refractivity contribution < 1.29 is 35.9 Å². The molecule has 0 aromatic heterocycles. The van der Waals surface area contributed by atoms with Gasteiger partial charge in [0.2, 0.25) is 11.5 Å². The van der Waals surface area contributed by atoms with Gasteiger partial charge in [-0.2, -0.15) is 26.3 Å². The van der Waals surface area contributed by atoms with Crippen LogP contribution in [0.3, 0.4) is 0 Å². The van der Waals surface area contributed by atoms with E-state index in [9.17, 15) is 31.1 Å². The van der Waals surface area contributed by atoms with Gasteiger partial charge in [-0.05, 0) is 65.9 Å². The Hall–Kier alpha value is -3.49. The molecule has 0 radical (unpaired) electrons. The van der Waals surface area contributed by atoms with E-state index >= 15 is 0 Å². The number of hydrogen-bond donors (Lipinski definition) is 1. The first-order chi connectivity index (χ1) is 16.5. The normalized spacial score (nSPS) is 19.7. The summed E-state index contributed by atoms with van der Waals surface area (Å²) in [6.45, 7) is 0. The van der Waals surface area contributed by atoms with Gasteiger partial charge in [-0.25, -0.2) is 0 Å². The molecular formula is C26H19F6NO2. The molecule has 1 unspecified atom stereocenters. The summed E-state index contributed by atoms with van der Waals surface area (Å²) in [5, 5.41) is 2.83. The molecule has 1 heterocycles. The first-order valence-corrected chi connectivity index (χ1v) is 10.9. The molecule has 3 nitrogen and oxygen atoms in total. The molecule has 0 saturated heterocycles. The third-order valence-corrected chi connectivity index (χ3v) is 6.31. The Morgan fingerprint density at radius 3 is 2.29 bits per heavy atom. The predicted molar refractivity (Wildman–Crippen MR) is 117 cm³/mol. The van der Waals surface area contributed by atoms with Crippen LogP contribution in [0.25, 0.3) is 11.1 Å². The van der Waals surface area contributed by atoms with Gasteiger partial charge < -0.3 is 10.1 Å². The first-order valence-electron chi connectivity index (χ1n) is 10.9. The minimum absolute atomic E-state index is 0.0159. The van der Waals surface area contributed by atoms with Crippen molar-refractivity contribution in [3.8, 4) is 16.9 Å². The summed E-state index contributed by atoms with van der Waals surface area (Å²) in [5.41, 5.74) is -2.66. The maximum atomic E-state index is 14.3. The Kier molecular flexibility index (Phi) is 5.34. The second kappa shape index (κ2) is 8.03. The van der Waals surface area contributed by atoms with Gasteiger partial charge in [0.1, 0.15) is 5.75 Å². The van der Waals surface area contributed by atoms with Gasteiger partial charge in [-0.3, -0.25) is 4.79 Å². The van der Waals surface area contributed by atoms with Crippen LogP contribution in [0.15, 0.2) is 66.7 Å². The van der Waals surface area contributed by atoms with Gasteiger partial charge in [0.15, 0.2) is 0 Å². The predicted octanol–water partition coefficient (Wildman–Crippen LogP) is 7.11. The standard InChI is InChI=1S/C26H19F6NO2/c27-25(28,29)20-5-2-4-19(13-20)24(26(30,31)32)14-18-11-17(9-10-22(18)35-24)16-3-1-6-21(12-16)33-23(34)15-7-8-15/h1-6,9-13,15H,7-8,14H2,(H,33,34). The number of carbonyl (C=O) groups excluding carboxylic acids is 1. The lowest BCUT2D eigenvalue weighted by molar-refractivity contribution is -0.248. The van der Waals surface area contributed by atoms with Gasteiger partial charge in [-0.15, -0.1) is 0 Å². The fourth-order valence-corrected chi connectivity index (χ4v) is 4.28. The molecule has 1 atom stereocenters. The number of hydrogen-bond acceptors (Lipinski definition) is 2. The fourth-order valence-electron chi connectivity index (χ4n) is 4.28. The summed E-state index contributed by atoms with van der Waals surface area (Å²) in [6, 6.07) is 14.6. The molecule has 1 aliphatic heterocycles. The average Bonchev–Trinajstić information content (AvgIpc) is 3.57. The molecule has 1 N–H and O–H groups in total. The highest BCUT2D eigenvalue weighted by molar-refractivity contribution is 5.94. The lowest BCUT2D eigenvalue weighted by Gasteiger charge is -2.32. The summed E-state index contributed by atoms with van der Waals surface area (Å²) >= 11 is 0. The summed E-state index contributed by atoms with van der Waals surface area (Å²) in [7, 11) is 0. The molecule has 0 spiro atoms. The van der Waals surface area contributed by atoms with Crippen molar-refractivity contribution in [1.29, 1.82) is 0 Å². The minimum atomic E-state index is -4.97. The molecule has 35 heavy (non-hydrogen) atoms. The van der Waals surface area contributed by atoms with Crippen molar-refractivity contribution in [1.82, 2.24) is 0 Å². The van der Waals surface area contributed by atoms with E-state index in [0.29, 0.717) is 22.9 Å². The summed E-state index contributed by atoms with van der Waals surface area (Å²) in [5.74, 6) is -0.0932. The zero-order valence-corrected chi connectivity index (χ0v) is 18.1. The van der Waals surface area contributed by atoms with Crippen molar-refractivity contribution in [2.45, 2.75) is 37.2 Å². The van der Waals surface area contributed by atoms with Crippen LogP contribution in [-0.4, -0.2) is 12.1 Å². The number of halogens is 6. The van der Waals surface area contributed by atoms with Gasteiger partial charge in [-0.1, -0.05) is 30.3 Å². The molecule has 1 aliphatic carbocycles. The number of benzene rings is 3. The minimum Gasteiger partial charge on any atom is -0.472 e. The van der Waals surface area contributed by atoms with Crippen molar-refractivity contribution in [2.75, 3.05) is 5.32 Å².